The summed E-state index contributed by atoms with van der Waals surface area (Å²) in [4.78, 5) is 17.0. The number of aryl methyl sites for hydroxylation is 2. The van der Waals surface area contributed by atoms with Crippen LogP contribution in [0.15, 0.2) is 12.3 Å². The van der Waals surface area contributed by atoms with Crippen LogP contribution in [0.1, 0.15) is 80.2 Å². The van der Waals surface area contributed by atoms with Crippen molar-refractivity contribution in [3.63, 3.8) is 0 Å². The molecule has 27 heavy (non-hydrogen) atoms. The van der Waals surface area contributed by atoms with Gasteiger partial charge in [0.2, 0.25) is 5.82 Å². The van der Waals surface area contributed by atoms with Crippen LogP contribution >= 0.6 is 0 Å². The third kappa shape index (κ3) is 5.06. The smallest absolute Gasteiger partial charge is 0.289 e. The van der Waals surface area contributed by atoms with Gasteiger partial charge in [0.15, 0.2) is 0 Å². The van der Waals surface area contributed by atoms with E-state index in [1.165, 1.54) is 19.3 Å². The third-order valence-electron chi connectivity index (χ3n) is 5.39. The molecule has 2 aromatic heterocycles. The summed E-state index contributed by atoms with van der Waals surface area (Å²) < 4.78 is 7.66. The lowest BCUT2D eigenvalue weighted by molar-refractivity contribution is 0.0203. The summed E-state index contributed by atoms with van der Waals surface area (Å²) in [5, 5.41) is 7.59. The minimum Gasteiger partial charge on any atom is -0.378 e. The van der Waals surface area contributed by atoms with Crippen LogP contribution in [0.2, 0.25) is 0 Å². The predicted octanol–water partition coefficient (Wildman–Crippen LogP) is 3.98. The number of aromatic nitrogens is 3. The minimum atomic E-state index is -0.142. The molecule has 1 fully saturated rings. The molecule has 0 spiro atoms. The number of rotatable bonds is 8. The quantitative estimate of drug-likeness (QED) is 0.712. The maximum atomic E-state index is 12.7. The van der Waals surface area contributed by atoms with E-state index in [1.54, 1.807) is 10.7 Å². The number of unbranched alkanes of at least 4 members (excludes halogenated alkanes) is 3. The van der Waals surface area contributed by atoms with Gasteiger partial charge in [-0.25, -0.2) is 9.50 Å². The zero-order valence-corrected chi connectivity index (χ0v) is 16.8. The molecule has 6 heteroatoms. The molecule has 0 bridgehead atoms. The number of amides is 1. The van der Waals surface area contributed by atoms with Gasteiger partial charge in [-0.1, -0.05) is 26.2 Å². The van der Waals surface area contributed by atoms with Crippen LogP contribution in [0.3, 0.4) is 0 Å². The topological polar surface area (TPSA) is 68.5 Å². The van der Waals surface area contributed by atoms with E-state index in [2.05, 4.69) is 22.3 Å². The van der Waals surface area contributed by atoms with Crippen molar-refractivity contribution in [2.24, 2.45) is 0 Å². The Labute approximate surface area is 161 Å². The van der Waals surface area contributed by atoms with E-state index in [4.69, 9.17) is 4.74 Å². The van der Waals surface area contributed by atoms with Crippen molar-refractivity contribution in [3.8, 4) is 0 Å². The van der Waals surface area contributed by atoms with Crippen molar-refractivity contribution >= 4 is 11.4 Å². The number of nitrogens with zero attached hydrogens (tertiary/aromatic N) is 3. The molecule has 0 atom stereocenters. The van der Waals surface area contributed by atoms with Crippen molar-refractivity contribution in [2.45, 2.75) is 84.3 Å². The molecule has 1 aliphatic carbocycles. The van der Waals surface area contributed by atoms with Gasteiger partial charge < -0.3 is 10.1 Å². The lowest BCUT2D eigenvalue weighted by Crippen LogP contribution is -2.40. The SMILES string of the molecule is CCCCCCO[C@H]1CC[C@H](NC(=O)c2ncc3c(C)cc(C)nn23)CC1. The molecule has 1 N–H and O–H groups in total. The zero-order valence-electron chi connectivity index (χ0n) is 16.8. The van der Waals surface area contributed by atoms with Crippen LogP contribution < -0.4 is 5.32 Å². The van der Waals surface area contributed by atoms with Gasteiger partial charge in [-0.05, 0) is 57.6 Å². The highest BCUT2D eigenvalue weighted by molar-refractivity contribution is 5.92. The van der Waals surface area contributed by atoms with E-state index in [9.17, 15) is 4.79 Å². The van der Waals surface area contributed by atoms with Crippen molar-refractivity contribution in [1.82, 2.24) is 19.9 Å². The molecule has 148 valence electrons. The summed E-state index contributed by atoms with van der Waals surface area (Å²) in [7, 11) is 0. The minimum absolute atomic E-state index is 0.142. The fraction of sp³-hybridized carbons (Fsp3) is 0.667. The first-order chi connectivity index (χ1) is 13.1. The second-order valence-electron chi connectivity index (χ2n) is 7.73. The van der Waals surface area contributed by atoms with Gasteiger partial charge in [0.25, 0.3) is 5.91 Å². The van der Waals surface area contributed by atoms with E-state index in [1.807, 2.05) is 19.9 Å². The molecular weight excluding hydrogens is 340 g/mol. The van der Waals surface area contributed by atoms with E-state index < -0.39 is 0 Å². The van der Waals surface area contributed by atoms with E-state index >= 15 is 0 Å². The number of nitrogens with one attached hydrogen (secondary N) is 1. The second kappa shape index (κ2) is 9.31. The van der Waals surface area contributed by atoms with Gasteiger partial charge in [-0.2, -0.15) is 5.10 Å². The molecule has 1 amide bonds. The predicted molar refractivity (Wildman–Crippen MR) is 106 cm³/mol. The maximum absolute atomic E-state index is 12.7. The molecule has 1 saturated carbocycles. The van der Waals surface area contributed by atoms with Gasteiger partial charge in [-0.3, -0.25) is 4.79 Å². The number of fused-ring (bicyclic) bond motifs is 1. The molecular formula is C21H32N4O2. The summed E-state index contributed by atoms with van der Waals surface area (Å²) in [6.07, 6.45) is 11.0. The average Bonchev–Trinajstić information content (AvgIpc) is 3.07. The standard InChI is InChI=1S/C21H32N4O2/c1-4-5-6-7-12-27-18-10-8-17(9-11-18)23-21(26)20-22-14-19-15(2)13-16(3)24-25(19)20/h13-14,17-18H,4-12H2,1-3H3,(H,23,26)/t17-,18-. The average molecular weight is 373 g/mol. The number of hydrogen-bond donors (Lipinski definition) is 1. The first-order valence-corrected chi connectivity index (χ1v) is 10.3. The van der Waals surface area contributed by atoms with Gasteiger partial charge in [0.05, 0.1) is 23.5 Å². The Balaban J connectivity index is 1.49. The number of imidazole rings is 1. The number of ether oxygens (including phenoxy) is 1. The summed E-state index contributed by atoms with van der Waals surface area (Å²) in [6, 6.07) is 2.19. The van der Waals surface area contributed by atoms with Crippen molar-refractivity contribution in [3.05, 3.63) is 29.3 Å². The Hall–Kier alpha value is -1.95. The Morgan fingerprint density at radius 1 is 1.22 bits per heavy atom. The van der Waals surface area contributed by atoms with Crippen LogP contribution in [0.25, 0.3) is 5.52 Å². The van der Waals surface area contributed by atoms with Crippen LogP contribution in [-0.4, -0.2) is 39.3 Å². The molecule has 0 radical (unpaired) electrons. The molecule has 2 heterocycles. The van der Waals surface area contributed by atoms with Gasteiger partial charge >= 0.3 is 0 Å². The highest BCUT2D eigenvalue weighted by atomic mass is 16.5. The molecule has 0 aliphatic heterocycles. The summed E-state index contributed by atoms with van der Waals surface area (Å²) in [5.41, 5.74) is 2.83. The lowest BCUT2D eigenvalue weighted by Gasteiger charge is -2.29. The lowest BCUT2D eigenvalue weighted by atomic mass is 9.93. The van der Waals surface area contributed by atoms with Crippen molar-refractivity contribution in [2.75, 3.05) is 6.61 Å². The van der Waals surface area contributed by atoms with Gasteiger partial charge in [0.1, 0.15) is 0 Å². The maximum Gasteiger partial charge on any atom is 0.289 e. The fourth-order valence-electron chi connectivity index (χ4n) is 3.85. The van der Waals surface area contributed by atoms with Crippen LogP contribution in [0, 0.1) is 13.8 Å². The zero-order chi connectivity index (χ0) is 19.2. The van der Waals surface area contributed by atoms with Crippen LogP contribution in [-0.2, 0) is 4.74 Å². The molecule has 0 saturated heterocycles. The highest BCUT2D eigenvalue weighted by Crippen LogP contribution is 2.22. The van der Waals surface area contributed by atoms with Gasteiger partial charge in [0, 0.05) is 12.6 Å². The normalized spacial score (nSPS) is 20.1. The highest BCUT2D eigenvalue weighted by Gasteiger charge is 2.25. The number of hydrogen-bond acceptors (Lipinski definition) is 4. The largest absolute Gasteiger partial charge is 0.378 e. The molecule has 1 aliphatic rings. The molecule has 0 aromatic carbocycles. The summed E-state index contributed by atoms with van der Waals surface area (Å²) in [6.45, 7) is 7.03. The van der Waals surface area contributed by atoms with E-state index in [0.717, 1.165) is 55.5 Å². The van der Waals surface area contributed by atoms with Crippen molar-refractivity contribution < 1.29 is 9.53 Å². The first kappa shape index (κ1) is 19.8. The third-order valence-corrected chi connectivity index (χ3v) is 5.39. The monoisotopic (exact) mass is 372 g/mol. The summed E-state index contributed by atoms with van der Waals surface area (Å²) >= 11 is 0. The molecule has 0 unspecified atom stereocenters. The Bertz CT molecular complexity index is 763. The Morgan fingerprint density at radius 3 is 2.74 bits per heavy atom. The Kier molecular flexibility index (Phi) is 6.83. The van der Waals surface area contributed by atoms with Gasteiger partial charge in [-0.15, -0.1) is 0 Å². The number of carbonyl (C=O) groups is 1. The fourth-order valence-corrected chi connectivity index (χ4v) is 3.85. The van der Waals surface area contributed by atoms with Crippen LogP contribution in [0.5, 0.6) is 0 Å². The van der Waals surface area contributed by atoms with E-state index in [0.29, 0.717) is 11.9 Å². The molecule has 3 rings (SSSR count). The molecule has 2 aromatic rings. The summed E-state index contributed by atoms with van der Waals surface area (Å²) in [5.74, 6) is 0.225. The Morgan fingerprint density at radius 2 is 2.00 bits per heavy atom. The van der Waals surface area contributed by atoms with Crippen LogP contribution in [0.4, 0.5) is 0 Å². The first-order valence-electron chi connectivity index (χ1n) is 10.3. The molecule has 6 nitrogen and oxygen atoms in total. The van der Waals surface area contributed by atoms with E-state index in [-0.39, 0.29) is 11.9 Å². The second-order valence-corrected chi connectivity index (χ2v) is 7.73. The van der Waals surface area contributed by atoms with Crippen molar-refractivity contribution in [1.29, 1.82) is 0 Å². The number of carbonyl (C=O) groups excluding carboxylic acids is 1.